The zero-order valence-electron chi connectivity index (χ0n) is 12.8. The number of nitrogens with two attached hydrogens (primary N) is 1. The quantitative estimate of drug-likeness (QED) is 0.377. The molecule has 0 spiro atoms. The molecular weight excluding hydrogens is 320 g/mol. The van der Waals surface area contributed by atoms with Gasteiger partial charge in [0.1, 0.15) is 17.3 Å². The van der Waals surface area contributed by atoms with Gasteiger partial charge < -0.3 is 15.2 Å². The summed E-state index contributed by atoms with van der Waals surface area (Å²) in [7, 11) is 2.89. The third-order valence-corrected chi connectivity index (χ3v) is 3.30. The van der Waals surface area contributed by atoms with Crippen LogP contribution in [0, 0.1) is 0 Å². The molecule has 0 bridgehead atoms. The third-order valence-electron chi connectivity index (χ3n) is 3.03. The highest BCUT2D eigenvalue weighted by Crippen LogP contribution is 2.20. The number of carbonyl (C=O) groups excluding carboxylic acids is 1. The Morgan fingerprint density at radius 1 is 1.35 bits per heavy atom. The minimum atomic E-state index is -0.584. The van der Waals surface area contributed by atoms with Crippen molar-refractivity contribution in [1.29, 1.82) is 0 Å². The highest BCUT2D eigenvalue weighted by Gasteiger charge is 2.17. The molecule has 2 rings (SSSR count). The number of halogens is 1. The van der Waals surface area contributed by atoms with Gasteiger partial charge >= 0.3 is 5.97 Å². The van der Waals surface area contributed by atoms with E-state index in [0.717, 1.165) is 11.3 Å². The maximum absolute atomic E-state index is 11.8. The topological polar surface area (TPSA) is 91.7 Å². The summed E-state index contributed by atoms with van der Waals surface area (Å²) in [5.41, 5.74) is 7.03. The van der Waals surface area contributed by atoms with Gasteiger partial charge in [0.05, 0.1) is 32.8 Å². The first-order valence-electron chi connectivity index (χ1n) is 6.75. The summed E-state index contributed by atoms with van der Waals surface area (Å²) in [4.78, 5) is 15.9. The highest BCUT2D eigenvalue weighted by molar-refractivity contribution is 6.28. The van der Waals surface area contributed by atoms with Crippen molar-refractivity contribution in [3.05, 3.63) is 41.7 Å². The molecule has 1 heterocycles. The Hall–Kier alpha value is -2.54. The van der Waals surface area contributed by atoms with E-state index in [9.17, 15) is 4.79 Å². The predicted octanol–water partition coefficient (Wildman–Crippen LogP) is 1.95. The molecule has 0 amide bonds. The van der Waals surface area contributed by atoms with Gasteiger partial charge in [-0.15, -0.1) is 11.6 Å². The first kappa shape index (κ1) is 16.8. The summed E-state index contributed by atoms with van der Waals surface area (Å²) in [6.45, 7) is 0.463. The van der Waals surface area contributed by atoms with E-state index in [1.807, 2.05) is 24.3 Å². The Kier molecular flexibility index (Phi) is 5.59. The van der Waals surface area contributed by atoms with Crippen LogP contribution in [0.2, 0.25) is 0 Å². The number of nitrogens with zero attached hydrogens (tertiary/aromatic N) is 3. The van der Waals surface area contributed by atoms with Crippen molar-refractivity contribution in [2.75, 3.05) is 20.1 Å². The number of aliphatic imine (C=N–C) groups is 1. The Balaban J connectivity index is 2.29. The largest absolute Gasteiger partial charge is 0.497 e. The Morgan fingerprint density at radius 2 is 2.04 bits per heavy atom. The van der Waals surface area contributed by atoms with E-state index in [2.05, 4.69) is 10.1 Å². The van der Waals surface area contributed by atoms with Crippen molar-refractivity contribution in [3.8, 4) is 5.75 Å². The molecule has 1 aromatic heterocycles. The molecule has 0 fully saturated rings. The molecule has 7 nitrogen and oxygen atoms in total. The fourth-order valence-corrected chi connectivity index (χ4v) is 1.98. The summed E-state index contributed by atoms with van der Waals surface area (Å²) in [5.74, 6) is 0.439. The van der Waals surface area contributed by atoms with Gasteiger partial charge in [-0.3, -0.25) is 4.68 Å². The normalized spacial score (nSPS) is 11.3. The van der Waals surface area contributed by atoms with Crippen LogP contribution < -0.4 is 10.5 Å². The number of esters is 1. The van der Waals surface area contributed by atoms with E-state index in [-0.39, 0.29) is 17.4 Å². The monoisotopic (exact) mass is 336 g/mol. The molecule has 8 heteroatoms. The number of amidine groups is 1. The van der Waals surface area contributed by atoms with Gasteiger partial charge in [-0.05, 0) is 17.7 Å². The Bertz CT molecular complexity index is 710. The molecule has 0 aliphatic heterocycles. The van der Waals surface area contributed by atoms with Gasteiger partial charge in [0.2, 0.25) is 0 Å². The second-order valence-corrected chi connectivity index (χ2v) is 4.90. The average Bonchev–Trinajstić information content (AvgIpc) is 2.96. The van der Waals surface area contributed by atoms with E-state index in [1.165, 1.54) is 7.11 Å². The second kappa shape index (κ2) is 7.64. The molecule has 0 atom stereocenters. The first-order valence-corrected chi connectivity index (χ1v) is 7.28. The maximum atomic E-state index is 11.8. The summed E-state index contributed by atoms with van der Waals surface area (Å²) < 4.78 is 11.4. The van der Waals surface area contributed by atoms with Gasteiger partial charge in [0, 0.05) is 0 Å². The molecule has 0 radical (unpaired) electrons. The summed E-state index contributed by atoms with van der Waals surface area (Å²) in [5, 5.41) is 4.21. The maximum Gasteiger partial charge on any atom is 0.360 e. The number of aromatic nitrogens is 2. The van der Waals surface area contributed by atoms with Crippen LogP contribution in [-0.2, 0) is 11.3 Å². The van der Waals surface area contributed by atoms with Crippen LogP contribution >= 0.6 is 11.6 Å². The van der Waals surface area contributed by atoms with Crippen LogP contribution in [0.25, 0.3) is 0 Å². The Labute approximate surface area is 138 Å². The van der Waals surface area contributed by atoms with E-state index in [4.69, 9.17) is 26.8 Å². The fourth-order valence-electron chi connectivity index (χ4n) is 1.92. The lowest BCUT2D eigenvalue weighted by Gasteiger charge is -2.03. The van der Waals surface area contributed by atoms with Crippen LogP contribution in [0.1, 0.15) is 16.1 Å². The van der Waals surface area contributed by atoms with Crippen LogP contribution in [0.4, 0.5) is 5.69 Å². The molecule has 2 aromatic rings. The van der Waals surface area contributed by atoms with Crippen molar-refractivity contribution in [3.63, 3.8) is 0 Å². The smallest absolute Gasteiger partial charge is 0.360 e. The van der Waals surface area contributed by atoms with Gasteiger partial charge in [0.25, 0.3) is 0 Å². The number of methoxy groups -OCH3 is 2. The molecule has 23 heavy (non-hydrogen) atoms. The molecule has 0 saturated heterocycles. The minimum absolute atomic E-state index is 0.0598. The minimum Gasteiger partial charge on any atom is -0.497 e. The lowest BCUT2D eigenvalue weighted by molar-refractivity contribution is 0.0594. The molecule has 122 valence electrons. The molecule has 0 saturated carbocycles. The van der Waals surface area contributed by atoms with Crippen LogP contribution in [0.3, 0.4) is 0 Å². The molecule has 1 aromatic carbocycles. The van der Waals surface area contributed by atoms with Crippen molar-refractivity contribution in [2.24, 2.45) is 10.7 Å². The lowest BCUT2D eigenvalue weighted by Crippen LogP contribution is -2.12. The van der Waals surface area contributed by atoms with Gasteiger partial charge in [-0.2, -0.15) is 5.10 Å². The van der Waals surface area contributed by atoms with E-state index in [1.54, 1.807) is 18.0 Å². The Morgan fingerprint density at radius 3 is 2.61 bits per heavy atom. The highest BCUT2D eigenvalue weighted by atomic mass is 35.5. The number of hydrogen-bond donors (Lipinski definition) is 1. The summed E-state index contributed by atoms with van der Waals surface area (Å²) in [6, 6.07) is 7.53. The van der Waals surface area contributed by atoms with Crippen LogP contribution in [-0.4, -0.2) is 41.7 Å². The van der Waals surface area contributed by atoms with Crippen LogP contribution in [0.15, 0.2) is 35.5 Å². The SMILES string of the molecule is COC(=O)c1nn(Cc2ccc(OC)cc2)cc1N=C(N)CCl. The number of carbonyl (C=O) groups is 1. The third kappa shape index (κ3) is 4.23. The van der Waals surface area contributed by atoms with Crippen molar-refractivity contribution < 1.29 is 14.3 Å². The average molecular weight is 337 g/mol. The van der Waals surface area contributed by atoms with Crippen molar-refractivity contribution >= 4 is 29.1 Å². The van der Waals surface area contributed by atoms with E-state index >= 15 is 0 Å². The zero-order chi connectivity index (χ0) is 16.8. The molecule has 0 aliphatic carbocycles. The van der Waals surface area contributed by atoms with Crippen molar-refractivity contribution in [1.82, 2.24) is 9.78 Å². The van der Waals surface area contributed by atoms with E-state index < -0.39 is 5.97 Å². The molecule has 0 unspecified atom stereocenters. The second-order valence-electron chi connectivity index (χ2n) is 4.64. The van der Waals surface area contributed by atoms with Gasteiger partial charge in [-0.1, -0.05) is 12.1 Å². The van der Waals surface area contributed by atoms with Gasteiger partial charge in [-0.25, -0.2) is 9.79 Å². The number of hydrogen-bond acceptors (Lipinski definition) is 5. The van der Waals surface area contributed by atoms with Crippen LogP contribution in [0.5, 0.6) is 5.75 Å². The lowest BCUT2D eigenvalue weighted by atomic mass is 10.2. The van der Waals surface area contributed by atoms with Gasteiger partial charge in [0.15, 0.2) is 5.69 Å². The number of rotatable bonds is 6. The standard InChI is InChI=1S/C15H17ClN4O3/c1-22-11-5-3-10(4-6-11)8-20-9-12(18-13(17)7-16)14(19-20)15(21)23-2/h3-6,9H,7-8H2,1-2H3,(H2,17,18). The number of ether oxygens (including phenoxy) is 2. The number of alkyl halides is 1. The van der Waals surface area contributed by atoms with Crippen molar-refractivity contribution in [2.45, 2.75) is 6.54 Å². The first-order chi connectivity index (χ1) is 11.1. The van der Waals surface area contributed by atoms with E-state index in [0.29, 0.717) is 12.2 Å². The predicted molar refractivity (Wildman–Crippen MR) is 87.7 cm³/mol. The zero-order valence-corrected chi connectivity index (χ0v) is 13.6. The molecule has 2 N–H and O–H groups in total. The number of benzene rings is 1. The summed E-state index contributed by atoms with van der Waals surface area (Å²) in [6.07, 6.45) is 1.62. The summed E-state index contributed by atoms with van der Waals surface area (Å²) >= 11 is 5.62. The molecule has 0 aliphatic rings. The fraction of sp³-hybridized carbons (Fsp3) is 0.267. The molecular formula is C15H17ClN4O3.